The van der Waals surface area contributed by atoms with Crippen LogP contribution in [0.25, 0.3) is 11.1 Å². The molecule has 4 nitrogen and oxygen atoms in total. The summed E-state index contributed by atoms with van der Waals surface area (Å²) in [4.78, 5) is 20.4. The minimum Gasteiger partial charge on any atom is -0.257 e. The van der Waals surface area contributed by atoms with Gasteiger partial charge < -0.3 is 0 Å². The molecule has 5 aliphatic heterocycles. The van der Waals surface area contributed by atoms with Crippen LogP contribution in [0.3, 0.4) is 0 Å². The summed E-state index contributed by atoms with van der Waals surface area (Å²) in [6.07, 6.45) is 17.7. The highest BCUT2D eigenvalue weighted by atomic mass is 127. The van der Waals surface area contributed by atoms with Crippen LogP contribution >= 0.6 is 22.6 Å². The van der Waals surface area contributed by atoms with Crippen molar-refractivity contribution in [3.05, 3.63) is 140 Å². The first-order valence-corrected chi connectivity index (χ1v) is 14.5. The van der Waals surface area contributed by atoms with Crippen LogP contribution in [0.15, 0.2) is 140 Å². The van der Waals surface area contributed by atoms with Gasteiger partial charge in [-0.15, -0.1) is 0 Å². The van der Waals surface area contributed by atoms with Crippen LogP contribution in [-0.2, 0) is 0 Å². The topological polar surface area (TPSA) is 49.4 Å². The standard InChI is InChI=1S/C35H27IN4/c1-21-4-6-22(7-5-21)33-29-15-13-26(38-29)19-32-35(2,3)20-27(39-32)18-25-12-14-28(37-25)34(31-17-16-30(33)40-31)23-8-10-24(36)11-9-23/h4-19H,20H2,1-3H3. The second kappa shape index (κ2) is 9.59. The van der Waals surface area contributed by atoms with E-state index in [1.807, 2.05) is 0 Å². The lowest BCUT2D eigenvalue weighted by Crippen LogP contribution is -2.11. The zero-order chi connectivity index (χ0) is 27.4. The Morgan fingerprint density at radius 2 is 1.27 bits per heavy atom. The third kappa shape index (κ3) is 4.58. The van der Waals surface area contributed by atoms with Crippen molar-refractivity contribution in [3.8, 4) is 0 Å². The molecule has 0 aromatic heterocycles. The summed E-state index contributed by atoms with van der Waals surface area (Å²) in [5.41, 5.74) is 12.8. The molecule has 0 N–H and O–H groups in total. The highest BCUT2D eigenvalue weighted by Crippen LogP contribution is 2.40. The number of aryl methyl sites for hydroxylation is 1. The maximum absolute atomic E-state index is 5.23. The van der Waals surface area contributed by atoms with E-state index in [9.17, 15) is 0 Å². The van der Waals surface area contributed by atoms with Crippen LogP contribution in [0, 0.1) is 15.9 Å². The molecule has 5 heterocycles. The van der Waals surface area contributed by atoms with Gasteiger partial charge >= 0.3 is 0 Å². The highest BCUT2D eigenvalue weighted by molar-refractivity contribution is 14.1. The minimum atomic E-state index is -0.0853. The number of fused-ring (bicyclic) bond motifs is 4. The van der Waals surface area contributed by atoms with Gasteiger partial charge in [0.1, 0.15) is 0 Å². The summed E-state index contributed by atoms with van der Waals surface area (Å²) in [6, 6.07) is 17.2. The zero-order valence-corrected chi connectivity index (χ0v) is 24.8. The normalized spacial score (nSPS) is 20.5. The van der Waals surface area contributed by atoms with E-state index in [2.05, 4.69) is 141 Å². The van der Waals surface area contributed by atoms with E-state index in [1.165, 1.54) is 9.13 Å². The average Bonchev–Trinajstić information content (AvgIpc) is 3.72. The summed E-state index contributed by atoms with van der Waals surface area (Å²) in [5.74, 6) is 0. The van der Waals surface area contributed by atoms with Gasteiger partial charge in [-0.1, -0.05) is 55.8 Å². The fourth-order valence-corrected chi connectivity index (χ4v) is 5.90. The van der Waals surface area contributed by atoms with Gasteiger partial charge in [0.2, 0.25) is 0 Å². The predicted molar refractivity (Wildman–Crippen MR) is 176 cm³/mol. The molecule has 7 rings (SSSR count). The fourth-order valence-electron chi connectivity index (χ4n) is 5.54. The molecule has 5 aliphatic rings. The first kappa shape index (κ1) is 25.0. The molecule has 194 valence electrons. The number of rotatable bonds is 2. The SMILES string of the molecule is Cc1ccc(C2=C3C=CC(=N3)C=C3N=C(C=C4C=CC(=N4)C(c4ccc(I)cc4)=C4C=CC2=N4)CC3(C)C)cc1. The van der Waals surface area contributed by atoms with Gasteiger partial charge in [-0.25, -0.2) is 15.0 Å². The molecule has 0 fully saturated rings. The highest BCUT2D eigenvalue weighted by Gasteiger charge is 2.32. The van der Waals surface area contributed by atoms with Gasteiger partial charge in [-0.3, -0.25) is 4.99 Å². The van der Waals surface area contributed by atoms with Crippen molar-refractivity contribution in [1.29, 1.82) is 0 Å². The van der Waals surface area contributed by atoms with Gasteiger partial charge in [0.25, 0.3) is 0 Å². The Morgan fingerprint density at radius 3 is 2.02 bits per heavy atom. The predicted octanol–water partition coefficient (Wildman–Crippen LogP) is 8.41. The van der Waals surface area contributed by atoms with E-state index in [0.29, 0.717) is 0 Å². The smallest absolute Gasteiger partial charge is 0.0738 e. The Morgan fingerprint density at radius 1 is 0.650 bits per heavy atom. The lowest BCUT2D eigenvalue weighted by Gasteiger charge is -2.17. The monoisotopic (exact) mass is 630 g/mol. The van der Waals surface area contributed by atoms with Crippen LogP contribution in [0.4, 0.5) is 0 Å². The molecule has 2 aromatic rings. The molecule has 5 heteroatoms. The van der Waals surface area contributed by atoms with Gasteiger partial charge in [-0.2, -0.15) is 0 Å². The van der Waals surface area contributed by atoms with Crippen molar-refractivity contribution in [2.24, 2.45) is 25.4 Å². The Labute approximate surface area is 248 Å². The van der Waals surface area contributed by atoms with E-state index < -0.39 is 0 Å². The van der Waals surface area contributed by atoms with Crippen molar-refractivity contribution in [2.75, 3.05) is 0 Å². The maximum Gasteiger partial charge on any atom is 0.0738 e. The van der Waals surface area contributed by atoms with Crippen molar-refractivity contribution in [3.63, 3.8) is 0 Å². The Kier molecular flexibility index (Phi) is 6.00. The van der Waals surface area contributed by atoms with Crippen LogP contribution in [-0.4, -0.2) is 22.8 Å². The molecule has 0 aliphatic carbocycles. The maximum atomic E-state index is 5.23. The summed E-state index contributed by atoms with van der Waals surface area (Å²) in [6.45, 7) is 6.59. The van der Waals surface area contributed by atoms with Crippen LogP contribution in [0.5, 0.6) is 0 Å². The molecule has 0 unspecified atom stereocenters. The third-order valence-corrected chi connectivity index (χ3v) is 8.36. The second-order valence-electron chi connectivity index (χ2n) is 11.2. The van der Waals surface area contributed by atoms with Crippen LogP contribution in [0.2, 0.25) is 0 Å². The molecular weight excluding hydrogens is 603 g/mol. The molecule has 0 spiro atoms. The number of hydrogen-bond acceptors (Lipinski definition) is 4. The molecular formula is C35H27IN4. The van der Waals surface area contributed by atoms with E-state index in [4.69, 9.17) is 20.0 Å². The number of allylic oxidation sites excluding steroid dienone is 11. The van der Waals surface area contributed by atoms with Crippen molar-refractivity contribution >= 4 is 56.6 Å². The summed E-state index contributed by atoms with van der Waals surface area (Å²) >= 11 is 2.34. The first-order valence-electron chi connectivity index (χ1n) is 13.5. The number of hydrogen-bond donors (Lipinski definition) is 0. The van der Waals surface area contributed by atoms with Crippen LogP contribution in [0.1, 0.15) is 37.0 Å². The van der Waals surface area contributed by atoms with Crippen molar-refractivity contribution in [2.45, 2.75) is 27.2 Å². The van der Waals surface area contributed by atoms with Gasteiger partial charge in [0, 0.05) is 38.0 Å². The van der Waals surface area contributed by atoms with Crippen LogP contribution < -0.4 is 0 Å². The number of nitrogens with zero attached hydrogens (tertiary/aromatic N) is 4. The van der Waals surface area contributed by atoms with Gasteiger partial charge in [0.05, 0.1) is 34.2 Å². The van der Waals surface area contributed by atoms with E-state index in [1.54, 1.807) is 0 Å². The molecule has 0 saturated heterocycles. The van der Waals surface area contributed by atoms with Gasteiger partial charge in [0.15, 0.2) is 0 Å². The number of benzene rings is 2. The Bertz CT molecular complexity index is 1810. The molecule has 0 atom stereocenters. The van der Waals surface area contributed by atoms with Crippen molar-refractivity contribution < 1.29 is 0 Å². The Hall–Kier alpha value is -3.97. The number of aliphatic imine (C=N–C) groups is 4. The lowest BCUT2D eigenvalue weighted by molar-refractivity contribution is 0.485. The van der Waals surface area contributed by atoms with E-state index in [0.717, 1.165) is 74.3 Å². The molecule has 2 aromatic carbocycles. The Balaban J connectivity index is 1.50. The second-order valence-corrected chi connectivity index (χ2v) is 12.4. The molecule has 40 heavy (non-hydrogen) atoms. The fraction of sp³-hybridized carbons (Fsp3) is 0.143. The minimum absolute atomic E-state index is 0.0853. The molecule has 8 bridgehead atoms. The molecule has 0 radical (unpaired) electrons. The summed E-state index contributed by atoms with van der Waals surface area (Å²) in [7, 11) is 0. The summed E-state index contributed by atoms with van der Waals surface area (Å²) in [5, 5.41) is 0. The molecule has 0 amide bonds. The largest absolute Gasteiger partial charge is 0.257 e. The zero-order valence-electron chi connectivity index (χ0n) is 22.6. The lowest BCUT2D eigenvalue weighted by atomic mass is 9.86. The molecule has 0 saturated carbocycles. The van der Waals surface area contributed by atoms with E-state index in [-0.39, 0.29) is 5.41 Å². The third-order valence-electron chi connectivity index (χ3n) is 7.64. The quantitative estimate of drug-likeness (QED) is 0.300. The van der Waals surface area contributed by atoms with E-state index >= 15 is 0 Å². The summed E-state index contributed by atoms with van der Waals surface area (Å²) < 4.78 is 1.19. The first-order chi connectivity index (χ1) is 19.3. The van der Waals surface area contributed by atoms with Crippen molar-refractivity contribution in [1.82, 2.24) is 0 Å². The van der Waals surface area contributed by atoms with Gasteiger partial charge in [-0.05, 0) is 101 Å². The average molecular weight is 631 g/mol. The number of halogens is 1.